The molecule has 4 nitrogen and oxygen atoms in total. The summed E-state index contributed by atoms with van der Waals surface area (Å²) >= 11 is 0. The topological polar surface area (TPSA) is 36.4 Å². The summed E-state index contributed by atoms with van der Waals surface area (Å²) in [6, 6.07) is 2.65. The van der Waals surface area contributed by atoms with Crippen molar-refractivity contribution in [1.82, 2.24) is 14.8 Å². The third-order valence-electron chi connectivity index (χ3n) is 5.19. The average molecular weight is 341 g/mol. The van der Waals surface area contributed by atoms with Gasteiger partial charge in [0.05, 0.1) is 11.3 Å². The Morgan fingerprint density at radius 2 is 1.83 bits per heavy atom. The molecule has 1 aromatic rings. The average Bonchev–Trinajstić information content (AvgIpc) is 3.13. The molecule has 2 aliphatic rings. The summed E-state index contributed by atoms with van der Waals surface area (Å²) in [5.41, 5.74) is -0.541. The molecule has 7 heteroatoms. The molecule has 2 aliphatic heterocycles. The minimum Gasteiger partial charge on any atom is -0.334 e. The first-order valence-electron chi connectivity index (χ1n) is 8.35. The van der Waals surface area contributed by atoms with Crippen LogP contribution in [0.15, 0.2) is 12.1 Å². The maximum Gasteiger partial charge on any atom is 0.433 e. The number of carbonyl (C=O) groups excluding carboxylic acids is 1. The van der Waals surface area contributed by atoms with Crippen LogP contribution in [0.5, 0.6) is 0 Å². The van der Waals surface area contributed by atoms with Gasteiger partial charge in [-0.25, -0.2) is 4.98 Å². The van der Waals surface area contributed by atoms with E-state index < -0.39 is 11.9 Å². The van der Waals surface area contributed by atoms with Gasteiger partial charge in [0.1, 0.15) is 5.69 Å². The molecule has 0 bridgehead atoms. The molecule has 2 saturated heterocycles. The number of aryl methyl sites for hydroxylation is 1. The number of likely N-dealkylation sites (N-methyl/N-ethyl adjacent to an activating group) is 1. The van der Waals surface area contributed by atoms with Gasteiger partial charge in [-0.05, 0) is 58.3 Å². The molecule has 3 heterocycles. The first kappa shape index (κ1) is 17.2. The van der Waals surface area contributed by atoms with Gasteiger partial charge in [0.2, 0.25) is 0 Å². The highest BCUT2D eigenvalue weighted by molar-refractivity contribution is 5.95. The number of likely N-dealkylation sites (tertiary alicyclic amines) is 2. The van der Waals surface area contributed by atoms with Crippen molar-refractivity contribution >= 4 is 5.91 Å². The third kappa shape index (κ3) is 3.14. The lowest BCUT2D eigenvalue weighted by atomic mass is 10.0. The number of hydrogen-bond donors (Lipinski definition) is 0. The van der Waals surface area contributed by atoms with Crippen LogP contribution in [0, 0.1) is 6.92 Å². The van der Waals surface area contributed by atoms with E-state index >= 15 is 0 Å². The summed E-state index contributed by atoms with van der Waals surface area (Å²) in [6.07, 6.45) is -0.410. The zero-order chi connectivity index (χ0) is 17.5. The van der Waals surface area contributed by atoms with Crippen molar-refractivity contribution in [3.8, 4) is 0 Å². The fraction of sp³-hybridized carbons (Fsp3) is 0.647. The van der Waals surface area contributed by atoms with E-state index in [2.05, 4.69) is 16.9 Å². The molecule has 3 rings (SSSR count). The molecule has 24 heavy (non-hydrogen) atoms. The van der Waals surface area contributed by atoms with Gasteiger partial charge in [-0.15, -0.1) is 0 Å². The molecule has 2 fully saturated rings. The molecular formula is C17H22F3N3O. The van der Waals surface area contributed by atoms with Crippen LogP contribution in [-0.2, 0) is 6.18 Å². The van der Waals surface area contributed by atoms with Crippen LogP contribution >= 0.6 is 0 Å². The number of pyridine rings is 1. The Labute approximate surface area is 139 Å². The van der Waals surface area contributed by atoms with E-state index in [-0.39, 0.29) is 23.2 Å². The van der Waals surface area contributed by atoms with E-state index in [4.69, 9.17) is 0 Å². The number of rotatable bonds is 2. The molecule has 1 amide bonds. The number of aromatic nitrogens is 1. The van der Waals surface area contributed by atoms with E-state index in [1.54, 1.807) is 0 Å². The molecule has 0 aromatic carbocycles. The van der Waals surface area contributed by atoms with Crippen molar-refractivity contribution in [2.24, 2.45) is 0 Å². The third-order valence-corrected chi connectivity index (χ3v) is 5.19. The maximum atomic E-state index is 12.9. The first-order chi connectivity index (χ1) is 11.3. The smallest absolute Gasteiger partial charge is 0.334 e. The van der Waals surface area contributed by atoms with Crippen molar-refractivity contribution in [2.45, 2.75) is 50.9 Å². The molecule has 0 saturated carbocycles. The van der Waals surface area contributed by atoms with Crippen molar-refractivity contribution in [2.75, 3.05) is 20.1 Å². The van der Waals surface area contributed by atoms with E-state index in [0.717, 1.165) is 38.3 Å². The standard InChI is InChI=1S/C17H22F3N3O/c1-11-12(7-8-15(21-11)17(18,19)20)16(24)23-10-4-6-14(23)13-5-3-9-22(13)2/h7-8,13-14H,3-6,9-10H2,1-2H3/t13-,14-/m1/s1. The monoisotopic (exact) mass is 341 g/mol. The Morgan fingerprint density at radius 3 is 2.42 bits per heavy atom. The molecule has 0 radical (unpaired) electrons. The van der Waals surface area contributed by atoms with Crippen molar-refractivity contribution in [1.29, 1.82) is 0 Å². The fourth-order valence-corrected chi connectivity index (χ4v) is 3.97. The van der Waals surface area contributed by atoms with Crippen molar-refractivity contribution in [3.05, 3.63) is 29.1 Å². The summed E-state index contributed by atoms with van der Waals surface area (Å²) in [7, 11) is 2.07. The molecule has 1 aromatic heterocycles. The molecule has 132 valence electrons. The number of amides is 1. The van der Waals surface area contributed by atoms with Crippen molar-refractivity contribution in [3.63, 3.8) is 0 Å². The van der Waals surface area contributed by atoms with Crippen LogP contribution in [0.3, 0.4) is 0 Å². The highest BCUT2D eigenvalue weighted by atomic mass is 19.4. The highest BCUT2D eigenvalue weighted by Gasteiger charge is 2.39. The largest absolute Gasteiger partial charge is 0.433 e. The van der Waals surface area contributed by atoms with Crippen molar-refractivity contribution < 1.29 is 18.0 Å². The number of nitrogens with zero attached hydrogens (tertiary/aromatic N) is 3. The lowest BCUT2D eigenvalue weighted by molar-refractivity contribution is -0.141. The highest BCUT2D eigenvalue weighted by Crippen LogP contribution is 2.32. The quantitative estimate of drug-likeness (QED) is 0.829. The molecule has 0 unspecified atom stereocenters. The second-order valence-electron chi connectivity index (χ2n) is 6.73. The summed E-state index contributed by atoms with van der Waals surface area (Å²) in [5, 5.41) is 0. The molecule has 2 atom stereocenters. The van der Waals surface area contributed by atoms with Crippen LogP contribution in [0.25, 0.3) is 0 Å². The fourth-order valence-electron chi connectivity index (χ4n) is 3.97. The van der Waals surface area contributed by atoms with Gasteiger partial charge in [-0.3, -0.25) is 4.79 Å². The Bertz CT molecular complexity index is 632. The summed E-state index contributed by atoms with van der Waals surface area (Å²) in [6.45, 7) is 3.16. The van der Waals surface area contributed by atoms with E-state index in [9.17, 15) is 18.0 Å². The van der Waals surface area contributed by atoms with Gasteiger partial charge in [0.15, 0.2) is 0 Å². The second-order valence-corrected chi connectivity index (χ2v) is 6.73. The Morgan fingerprint density at radius 1 is 1.17 bits per heavy atom. The molecule has 0 N–H and O–H groups in total. The predicted molar refractivity (Wildman–Crippen MR) is 83.7 cm³/mol. The van der Waals surface area contributed by atoms with Gasteiger partial charge < -0.3 is 9.80 Å². The first-order valence-corrected chi connectivity index (χ1v) is 8.35. The van der Waals surface area contributed by atoms with Crippen LogP contribution < -0.4 is 0 Å². The zero-order valence-corrected chi connectivity index (χ0v) is 13.9. The van der Waals surface area contributed by atoms with Gasteiger partial charge >= 0.3 is 6.18 Å². The van der Waals surface area contributed by atoms with Gasteiger partial charge in [-0.2, -0.15) is 13.2 Å². The van der Waals surface area contributed by atoms with E-state index in [1.165, 1.54) is 13.0 Å². The lowest BCUT2D eigenvalue weighted by Gasteiger charge is -2.33. The molecule has 0 spiro atoms. The number of halogens is 3. The minimum atomic E-state index is -4.49. The lowest BCUT2D eigenvalue weighted by Crippen LogP contribution is -2.47. The molecular weight excluding hydrogens is 319 g/mol. The SMILES string of the molecule is Cc1nc(C(F)(F)F)ccc1C(=O)N1CCC[C@@H]1[C@H]1CCCN1C. The Hall–Kier alpha value is -1.63. The number of hydrogen-bond acceptors (Lipinski definition) is 3. The Kier molecular flexibility index (Phi) is 4.55. The van der Waals surface area contributed by atoms with E-state index in [0.29, 0.717) is 12.6 Å². The van der Waals surface area contributed by atoms with E-state index in [1.807, 2.05) is 4.90 Å². The summed E-state index contributed by atoms with van der Waals surface area (Å²) < 4.78 is 38.2. The number of alkyl halides is 3. The molecule has 0 aliphatic carbocycles. The van der Waals surface area contributed by atoms with Gasteiger partial charge in [-0.1, -0.05) is 0 Å². The summed E-state index contributed by atoms with van der Waals surface area (Å²) in [4.78, 5) is 20.6. The van der Waals surface area contributed by atoms with Crippen LogP contribution in [0.2, 0.25) is 0 Å². The number of carbonyl (C=O) groups is 1. The van der Waals surface area contributed by atoms with Crippen LogP contribution in [0.4, 0.5) is 13.2 Å². The van der Waals surface area contributed by atoms with Gasteiger partial charge in [0, 0.05) is 18.6 Å². The maximum absolute atomic E-state index is 12.9. The predicted octanol–water partition coefficient (Wildman–Crippen LogP) is 3.11. The van der Waals surface area contributed by atoms with Crippen LogP contribution in [-0.4, -0.2) is 52.9 Å². The minimum absolute atomic E-state index is 0.139. The Balaban J connectivity index is 1.83. The van der Waals surface area contributed by atoms with Crippen LogP contribution in [0.1, 0.15) is 47.4 Å². The normalized spacial score (nSPS) is 25.5. The second kappa shape index (κ2) is 6.35. The summed E-state index contributed by atoms with van der Waals surface area (Å²) in [5.74, 6) is -0.198. The van der Waals surface area contributed by atoms with Gasteiger partial charge in [0.25, 0.3) is 5.91 Å². The zero-order valence-electron chi connectivity index (χ0n) is 13.9.